The molecule has 15 heavy (non-hydrogen) atoms. The summed E-state index contributed by atoms with van der Waals surface area (Å²) in [4.78, 5) is 4.24. The van der Waals surface area contributed by atoms with Crippen LogP contribution in [-0.4, -0.2) is 22.7 Å². The van der Waals surface area contributed by atoms with E-state index < -0.39 is 0 Å². The number of thiazole rings is 1. The Labute approximate surface area is 91.8 Å². The lowest BCUT2D eigenvalue weighted by Gasteiger charge is -2.14. The molecule has 2 N–H and O–H groups in total. The summed E-state index contributed by atoms with van der Waals surface area (Å²) < 4.78 is 1.19. The highest BCUT2D eigenvalue weighted by molar-refractivity contribution is 7.16. The zero-order valence-electron chi connectivity index (χ0n) is 8.18. The Hall–Kier alpha value is -0.970. The SMILES string of the molecule is OC1CCNC1c1ccc2ncsc2c1. The molecule has 1 aromatic heterocycles. The van der Waals surface area contributed by atoms with Gasteiger partial charge in [-0.2, -0.15) is 0 Å². The largest absolute Gasteiger partial charge is 0.391 e. The van der Waals surface area contributed by atoms with Crippen LogP contribution in [0.3, 0.4) is 0 Å². The van der Waals surface area contributed by atoms with Crippen molar-refractivity contribution in [3.8, 4) is 0 Å². The first-order chi connectivity index (χ1) is 7.34. The van der Waals surface area contributed by atoms with Gasteiger partial charge in [-0.3, -0.25) is 0 Å². The number of nitrogens with zero attached hydrogens (tertiary/aromatic N) is 1. The molecule has 2 atom stereocenters. The quantitative estimate of drug-likeness (QED) is 0.768. The van der Waals surface area contributed by atoms with Crippen LogP contribution in [0.4, 0.5) is 0 Å². The molecule has 0 saturated carbocycles. The van der Waals surface area contributed by atoms with Crippen molar-refractivity contribution in [2.45, 2.75) is 18.6 Å². The van der Waals surface area contributed by atoms with Crippen LogP contribution in [0.1, 0.15) is 18.0 Å². The van der Waals surface area contributed by atoms with Gasteiger partial charge in [-0.25, -0.2) is 4.98 Å². The van der Waals surface area contributed by atoms with Gasteiger partial charge < -0.3 is 10.4 Å². The lowest BCUT2D eigenvalue weighted by atomic mass is 10.0. The van der Waals surface area contributed by atoms with Gasteiger partial charge in [0.05, 0.1) is 27.9 Å². The summed E-state index contributed by atoms with van der Waals surface area (Å²) in [6, 6.07) is 6.29. The summed E-state index contributed by atoms with van der Waals surface area (Å²) in [5.41, 5.74) is 4.06. The van der Waals surface area contributed by atoms with E-state index >= 15 is 0 Å². The van der Waals surface area contributed by atoms with Crippen LogP contribution in [0.2, 0.25) is 0 Å². The van der Waals surface area contributed by atoms with E-state index in [9.17, 15) is 5.11 Å². The second-order valence-electron chi connectivity index (χ2n) is 3.87. The van der Waals surface area contributed by atoms with Crippen molar-refractivity contribution < 1.29 is 5.11 Å². The smallest absolute Gasteiger partial charge is 0.0812 e. The van der Waals surface area contributed by atoms with E-state index in [1.54, 1.807) is 11.3 Å². The van der Waals surface area contributed by atoms with E-state index in [0.29, 0.717) is 0 Å². The first-order valence-electron chi connectivity index (χ1n) is 5.09. The predicted molar refractivity (Wildman–Crippen MR) is 61.0 cm³/mol. The maximum atomic E-state index is 9.79. The topological polar surface area (TPSA) is 45.1 Å². The number of fused-ring (bicyclic) bond motifs is 1. The Balaban J connectivity index is 2.03. The molecule has 4 heteroatoms. The molecule has 3 nitrogen and oxygen atoms in total. The number of nitrogens with one attached hydrogen (secondary N) is 1. The van der Waals surface area contributed by atoms with Gasteiger partial charge in [0, 0.05) is 0 Å². The van der Waals surface area contributed by atoms with Crippen LogP contribution in [-0.2, 0) is 0 Å². The van der Waals surface area contributed by atoms with Crippen molar-refractivity contribution in [3.63, 3.8) is 0 Å². The zero-order valence-corrected chi connectivity index (χ0v) is 9.00. The highest BCUT2D eigenvalue weighted by Gasteiger charge is 2.26. The summed E-state index contributed by atoms with van der Waals surface area (Å²) in [6.45, 7) is 0.895. The number of hydrogen-bond acceptors (Lipinski definition) is 4. The van der Waals surface area contributed by atoms with Crippen molar-refractivity contribution in [2.24, 2.45) is 0 Å². The van der Waals surface area contributed by atoms with Crippen molar-refractivity contribution in [1.82, 2.24) is 10.3 Å². The third-order valence-corrected chi connectivity index (χ3v) is 3.70. The van der Waals surface area contributed by atoms with E-state index in [1.807, 2.05) is 17.6 Å². The molecule has 78 valence electrons. The molecule has 0 spiro atoms. The monoisotopic (exact) mass is 220 g/mol. The van der Waals surface area contributed by atoms with Gasteiger partial charge in [0.25, 0.3) is 0 Å². The van der Waals surface area contributed by atoms with Gasteiger partial charge in [0.2, 0.25) is 0 Å². The van der Waals surface area contributed by atoms with Crippen LogP contribution in [0.25, 0.3) is 10.2 Å². The Morgan fingerprint density at radius 1 is 1.47 bits per heavy atom. The van der Waals surface area contributed by atoms with E-state index in [2.05, 4.69) is 16.4 Å². The normalized spacial score (nSPS) is 26.2. The number of benzene rings is 1. The summed E-state index contributed by atoms with van der Waals surface area (Å²) >= 11 is 1.64. The van der Waals surface area contributed by atoms with Crippen LogP contribution >= 0.6 is 11.3 Å². The van der Waals surface area contributed by atoms with E-state index in [0.717, 1.165) is 24.0 Å². The lowest BCUT2D eigenvalue weighted by Crippen LogP contribution is -2.20. The minimum absolute atomic E-state index is 0.0940. The number of aliphatic hydroxyl groups is 1. The van der Waals surface area contributed by atoms with E-state index in [-0.39, 0.29) is 12.1 Å². The Morgan fingerprint density at radius 2 is 2.40 bits per heavy atom. The van der Waals surface area contributed by atoms with Crippen molar-refractivity contribution in [3.05, 3.63) is 29.3 Å². The van der Waals surface area contributed by atoms with E-state index in [4.69, 9.17) is 0 Å². The van der Waals surface area contributed by atoms with Gasteiger partial charge in [-0.1, -0.05) is 6.07 Å². The minimum Gasteiger partial charge on any atom is -0.391 e. The second-order valence-corrected chi connectivity index (χ2v) is 4.75. The van der Waals surface area contributed by atoms with Gasteiger partial charge in [0.1, 0.15) is 0 Å². The summed E-state index contributed by atoms with van der Waals surface area (Å²) in [5, 5.41) is 13.1. The molecule has 1 aliphatic heterocycles. The first-order valence-corrected chi connectivity index (χ1v) is 5.97. The predicted octanol–water partition coefficient (Wildman–Crippen LogP) is 1.69. The average Bonchev–Trinajstić information content (AvgIpc) is 2.84. The molecule has 0 amide bonds. The second kappa shape index (κ2) is 3.56. The third-order valence-electron chi connectivity index (χ3n) is 2.90. The molecule has 2 aromatic rings. The number of aromatic nitrogens is 1. The molecule has 0 radical (unpaired) electrons. The molecule has 0 bridgehead atoms. The van der Waals surface area contributed by atoms with Gasteiger partial charge in [0.15, 0.2) is 0 Å². The lowest BCUT2D eigenvalue weighted by molar-refractivity contribution is 0.160. The molecule has 3 rings (SSSR count). The average molecular weight is 220 g/mol. The van der Waals surface area contributed by atoms with Crippen molar-refractivity contribution in [1.29, 1.82) is 0 Å². The number of aliphatic hydroxyl groups excluding tert-OH is 1. The van der Waals surface area contributed by atoms with Gasteiger partial charge in [-0.15, -0.1) is 11.3 Å². The molecule has 0 aliphatic carbocycles. The highest BCUT2D eigenvalue weighted by atomic mass is 32.1. The molecule has 2 unspecified atom stereocenters. The number of rotatable bonds is 1. The van der Waals surface area contributed by atoms with Gasteiger partial charge in [-0.05, 0) is 30.7 Å². The maximum absolute atomic E-state index is 9.79. The minimum atomic E-state index is -0.254. The molecular formula is C11H12N2OS. The van der Waals surface area contributed by atoms with Crippen molar-refractivity contribution >= 4 is 21.6 Å². The standard InChI is InChI=1S/C11H12N2OS/c14-9-3-4-12-11(9)7-1-2-8-10(5-7)15-6-13-8/h1-2,5-6,9,11-12,14H,3-4H2. The Bertz CT molecular complexity index is 482. The van der Waals surface area contributed by atoms with Crippen LogP contribution in [0.5, 0.6) is 0 Å². The fourth-order valence-corrected chi connectivity index (χ4v) is 2.82. The van der Waals surface area contributed by atoms with E-state index in [1.165, 1.54) is 4.70 Å². The molecular weight excluding hydrogens is 208 g/mol. The fourth-order valence-electron chi connectivity index (χ4n) is 2.09. The van der Waals surface area contributed by atoms with Crippen molar-refractivity contribution in [2.75, 3.05) is 6.54 Å². The summed E-state index contributed by atoms with van der Waals surface area (Å²) in [6.07, 6.45) is 0.584. The molecule has 1 aliphatic rings. The Morgan fingerprint density at radius 3 is 3.20 bits per heavy atom. The van der Waals surface area contributed by atoms with Crippen LogP contribution in [0, 0.1) is 0 Å². The fraction of sp³-hybridized carbons (Fsp3) is 0.364. The molecule has 1 fully saturated rings. The molecule has 1 aromatic carbocycles. The Kier molecular flexibility index (Phi) is 2.20. The molecule has 2 heterocycles. The third kappa shape index (κ3) is 1.55. The summed E-state index contributed by atoms with van der Waals surface area (Å²) in [7, 11) is 0. The highest BCUT2D eigenvalue weighted by Crippen LogP contribution is 2.27. The molecule has 1 saturated heterocycles. The van der Waals surface area contributed by atoms with Gasteiger partial charge >= 0.3 is 0 Å². The first kappa shape index (κ1) is 9.27. The van der Waals surface area contributed by atoms with Crippen LogP contribution < -0.4 is 5.32 Å². The van der Waals surface area contributed by atoms with Crippen LogP contribution in [0.15, 0.2) is 23.7 Å². The number of hydrogen-bond donors (Lipinski definition) is 2. The zero-order chi connectivity index (χ0) is 10.3. The summed E-state index contributed by atoms with van der Waals surface area (Å²) in [5.74, 6) is 0. The maximum Gasteiger partial charge on any atom is 0.0812 e.